The van der Waals surface area contributed by atoms with Crippen LogP contribution in [0.1, 0.15) is 10.4 Å². The molecule has 0 saturated carbocycles. The minimum absolute atomic E-state index is 0.108. The third kappa shape index (κ3) is 2.95. The van der Waals surface area contributed by atoms with Gasteiger partial charge in [-0.25, -0.2) is 9.18 Å². The number of rotatable bonds is 3. The van der Waals surface area contributed by atoms with Crippen LogP contribution in [0, 0.1) is 9.39 Å². The molecule has 0 bridgehead atoms. The number of halogens is 2. The van der Waals surface area contributed by atoms with E-state index in [1.165, 1.54) is 30.6 Å². The van der Waals surface area contributed by atoms with Gasteiger partial charge in [0.1, 0.15) is 17.2 Å². The fourth-order valence-corrected chi connectivity index (χ4v) is 3.54. The van der Waals surface area contributed by atoms with E-state index >= 15 is 0 Å². The first kappa shape index (κ1) is 15.9. The highest BCUT2D eigenvalue weighted by Gasteiger charge is 2.20. The summed E-state index contributed by atoms with van der Waals surface area (Å²) < 4.78 is 20.1. The van der Waals surface area contributed by atoms with Crippen molar-refractivity contribution in [2.24, 2.45) is 0 Å². The summed E-state index contributed by atoms with van der Waals surface area (Å²) >= 11 is 3.24. The molecule has 0 unspecified atom stereocenters. The van der Waals surface area contributed by atoms with Crippen molar-refractivity contribution in [3.05, 3.63) is 55.0 Å². The van der Waals surface area contributed by atoms with E-state index in [0.29, 0.717) is 10.1 Å². The number of aromatic nitrogens is 1. The van der Waals surface area contributed by atoms with E-state index in [4.69, 9.17) is 4.74 Å². The van der Waals surface area contributed by atoms with Crippen molar-refractivity contribution >= 4 is 61.5 Å². The highest BCUT2D eigenvalue weighted by Crippen LogP contribution is 2.30. The summed E-state index contributed by atoms with van der Waals surface area (Å²) in [7, 11) is 1.25. The van der Waals surface area contributed by atoms with E-state index < -0.39 is 11.8 Å². The van der Waals surface area contributed by atoms with Crippen LogP contribution in [-0.2, 0) is 4.74 Å². The maximum atomic E-state index is 14.0. The lowest BCUT2D eigenvalue weighted by atomic mass is 10.2. The molecule has 0 aliphatic carbocycles. The van der Waals surface area contributed by atoms with Gasteiger partial charge >= 0.3 is 5.97 Å². The van der Waals surface area contributed by atoms with Gasteiger partial charge in [0.05, 0.1) is 22.9 Å². The molecule has 118 valence electrons. The number of H-pyrrole nitrogens is 1. The van der Waals surface area contributed by atoms with Crippen LogP contribution in [0.25, 0.3) is 10.1 Å². The number of ether oxygens (including phenoxy) is 1. The SMILES string of the molecule is COC(=O)c1c(Nc2ccc(I)cc2F)[nH]c(=O)c2ccsc12. The largest absolute Gasteiger partial charge is 0.465 e. The third-order valence-electron chi connectivity index (χ3n) is 3.21. The van der Waals surface area contributed by atoms with Crippen molar-refractivity contribution in [1.29, 1.82) is 0 Å². The Labute approximate surface area is 147 Å². The van der Waals surface area contributed by atoms with Crippen molar-refractivity contribution in [2.45, 2.75) is 0 Å². The van der Waals surface area contributed by atoms with Gasteiger partial charge < -0.3 is 15.0 Å². The minimum atomic E-state index is -0.609. The third-order valence-corrected chi connectivity index (χ3v) is 4.81. The Bertz CT molecular complexity index is 967. The number of methoxy groups -OCH3 is 1. The van der Waals surface area contributed by atoms with Crippen molar-refractivity contribution < 1.29 is 13.9 Å². The van der Waals surface area contributed by atoms with Gasteiger partial charge in [0, 0.05) is 3.57 Å². The summed E-state index contributed by atoms with van der Waals surface area (Å²) in [6.45, 7) is 0. The van der Waals surface area contributed by atoms with Gasteiger partial charge in [-0.1, -0.05) is 0 Å². The predicted molar refractivity (Wildman–Crippen MR) is 96.2 cm³/mol. The molecule has 0 fully saturated rings. The highest BCUT2D eigenvalue weighted by atomic mass is 127. The van der Waals surface area contributed by atoms with Crippen molar-refractivity contribution in [2.75, 3.05) is 12.4 Å². The molecule has 3 aromatic rings. The number of carbonyl (C=O) groups is 1. The number of anilines is 2. The monoisotopic (exact) mass is 444 g/mol. The van der Waals surface area contributed by atoms with E-state index in [1.54, 1.807) is 17.5 Å². The van der Waals surface area contributed by atoms with Gasteiger partial charge in [-0.05, 0) is 52.2 Å². The molecule has 0 radical (unpaired) electrons. The van der Waals surface area contributed by atoms with E-state index in [2.05, 4.69) is 10.3 Å². The molecule has 2 heterocycles. The molecule has 8 heteroatoms. The van der Waals surface area contributed by atoms with Gasteiger partial charge in [0.15, 0.2) is 0 Å². The zero-order valence-electron chi connectivity index (χ0n) is 11.8. The van der Waals surface area contributed by atoms with E-state index in [-0.39, 0.29) is 22.6 Å². The Kier molecular flexibility index (Phi) is 4.35. The summed E-state index contributed by atoms with van der Waals surface area (Å²) in [5.41, 5.74) is -0.0282. The van der Waals surface area contributed by atoms with Crippen LogP contribution in [0.2, 0.25) is 0 Å². The maximum Gasteiger partial charge on any atom is 0.343 e. The number of hydrogen-bond acceptors (Lipinski definition) is 5. The van der Waals surface area contributed by atoms with Crippen LogP contribution in [0.4, 0.5) is 15.9 Å². The molecule has 5 nitrogen and oxygen atoms in total. The zero-order valence-corrected chi connectivity index (χ0v) is 14.7. The molecule has 0 saturated heterocycles. The summed E-state index contributed by atoms with van der Waals surface area (Å²) in [5.74, 6) is -0.987. The van der Waals surface area contributed by atoms with Gasteiger partial charge in [-0.3, -0.25) is 4.79 Å². The molecular formula is C15H10FIN2O3S. The number of hydrogen-bond donors (Lipinski definition) is 2. The molecule has 2 N–H and O–H groups in total. The fourth-order valence-electron chi connectivity index (χ4n) is 2.15. The standard InChI is InChI=1S/C15H10FIN2O3S/c1-22-15(21)11-12-8(4-5-23-12)14(20)19-13(11)18-10-3-2-7(17)6-9(10)16/h2-6H,1H3,(H2,18,19,20). The first-order valence-electron chi connectivity index (χ1n) is 6.45. The Morgan fingerprint density at radius 3 is 2.87 bits per heavy atom. The molecule has 0 aliphatic heterocycles. The number of carbonyl (C=O) groups excluding carboxylic acids is 1. The molecule has 2 aromatic heterocycles. The summed E-state index contributed by atoms with van der Waals surface area (Å²) in [6.07, 6.45) is 0. The smallest absolute Gasteiger partial charge is 0.343 e. The van der Waals surface area contributed by atoms with Gasteiger partial charge in [-0.15, -0.1) is 11.3 Å². The number of benzene rings is 1. The van der Waals surface area contributed by atoms with Gasteiger partial charge in [0.25, 0.3) is 5.56 Å². The van der Waals surface area contributed by atoms with Crippen LogP contribution in [-0.4, -0.2) is 18.1 Å². The molecule has 23 heavy (non-hydrogen) atoms. The average Bonchev–Trinajstić information content (AvgIpc) is 2.99. The molecule has 3 rings (SSSR count). The molecule has 0 aliphatic rings. The van der Waals surface area contributed by atoms with Crippen molar-refractivity contribution in [1.82, 2.24) is 4.98 Å². The zero-order chi connectivity index (χ0) is 16.6. The molecule has 0 atom stereocenters. The number of aromatic amines is 1. The first-order valence-corrected chi connectivity index (χ1v) is 8.41. The van der Waals surface area contributed by atoms with Gasteiger partial charge in [-0.2, -0.15) is 0 Å². The Hall–Kier alpha value is -1.94. The number of fused-ring (bicyclic) bond motifs is 1. The van der Waals surface area contributed by atoms with Crippen LogP contribution < -0.4 is 10.9 Å². The number of nitrogens with one attached hydrogen (secondary N) is 2. The minimum Gasteiger partial charge on any atom is -0.465 e. The van der Waals surface area contributed by atoms with Crippen LogP contribution in [0.15, 0.2) is 34.4 Å². The average molecular weight is 444 g/mol. The molecule has 0 amide bonds. The van der Waals surface area contributed by atoms with E-state index in [0.717, 1.165) is 3.57 Å². The summed E-state index contributed by atoms with van der Waals surface area (Å²) in [5, 5.41) is 4.88. The molecular weight excluding hydrogens is 434 g/mol. The highest BCUT2D eigenvalue weighted by molar-refractivity contribution is 14.1. The summed E-state index contributed by atoms with van der Waals surface area (Å²) in [4.78, 5) is 26.8. The predicted octanol–water partition coefficient (Wildman–Crippen LogP) is 3.86. The quantitative estimate of drug-likeness (QED) is 0.476. The van der Waals surface area contributed by atoms with Crippen LogP contribution in [0.5, 0.6) is 0 Å². The normalized spacial score (nSPS) is 10.7. The van der Waals surface area contributed by atoms with E-state index in [1.807, 2.05) is 22.6 Å². The second-order valence-corrected chi connectivity index (χ2v) is 6.77. The lowest BCUT2D eigenvalue weighted by molar-refractivity contribution is 0.0604. The van der Waals surface area contributed by atoms with Crippen molar-refractivity contribution in [3.63, 3.8) is 0 Å². The number of esters is 1. The lowest BCUT2D eigenvalue weighted by Gasteiger charge is -2.12. The first-order chi connectivity index (χ1) is 11.0. The fraction of sp³-hybridized carbons (Fsp3) is 0.0667. The number of pyridine rings is 1. The van der Waals surface area contributed by atoms with Crippen LogP contribution >= 0.6 is 33.9 Å². The molecule has 0 spiro atoms. The Balaban J connectivity index is 2.19. The Morgan fingerprint density at radius 1 is 1.39 bits per heavy atom. The van der Waals surface area contributed by atoms with E-state index in [9.17, 15) is 14.0 Å². The second-order valence-electron chi connectivity index (χ2n) is 4.61. The second kappa shape index (κ2) is 6.28. The Morgan fingerprint density at radius 2 is 2.17 bits per heavy atom. The maximum absolute atomic E-state index is 14.0. The van der Waals surface area contributed by atoms with Gasteiger partial charge in [0.2, 0.25) is 0 Å². The van der Waals surface area contributed by atoms with Crippen molar-refractivity contribution in [3.8, 4) is 0 Å². The van der Waals surface area contributed by atoms with Crippen LogP contribution in [0.3, 0.4) is 0 Å². The summed E-state index contributed by atoms with van der Waals surface area (Å²) in [6, 6.07) is 6.23. The number of thiophene rings is 1. The lowest BCUT2D eigenvalue weighted by Crippen LogP contribution is -2.15. The molecule has 1 aromatic carbocycles. The topological polar surface area (TPSA) is 71.2 Å².